The number of rotatable bonds is 4. The molecule has 0 spiro atoms. The summed E-state index contributed by atoms with van der Waals surface area (Å²) in [6.07, 6.45) is 1.31. The van der Waals surface area contributed by atoms with Crippen molar-refractivity contribution in [3.63, 3.8) is 0 Å². The summed E-state index contributed by atoms with van der Waals surface area (Å²) in [7, 11) is 0. The van der Waals surface area contributed by atoms with E-state index >= 15 is 0 Å². The second-order valence-corrected chi connectivity index (χ2v) is 5.12. The first-order chi connectivity index (χ1) is 8.22. The van der Waals surface area contributed by atoms with Crippen LogP contribution < -0.4 is 10.2 Å². The fourth-order valence-corrected chi connectivity index (χ4v) is 2.76. The zero-order chi connectivity index (χ0) is 12.3. The van der Waals surface area contributed by atoms with E-state index in [1.807, 2.05) is 0 Å². The van der Waals surface area contributed by atoms with E-state index in [2.05, 4.69) is 55.3 Å². The van der Waals surface area contributed by atoms with Crippen LogP contribution in [0.2, 0.25) is 0 Å². The van der Waals surface area contributed by atoms with E-state index in [1.54, 1.807) is 0 Å². The van der Waals surface area contributed by atoms with Crippen LogP contribution in [0, 0.1) is 12.8 Å². The van der Waals surface area contributed by atoms with Gasteiger partial charge in [0, 0.05) is 24.8 Å². The van der Waals surface area contributed by atoms with E-state index in [1.165, 1.54) is 30.8 Å². The second kappa shape index (κ2) is 5.54. The predicted octanol–water partition coefficient (Wildman–Crippen LogP) is 2.82. The van der Waals surface area contributed by atoms with Gasteiger partial charge in [-0.05, 0) is 51.3 Å². The summed E-state index contributed by atoms with van der Waals surface area (Å²) in [5.41, 5.74) is 2.78. The van der Waals surface area contributed by atoms with Crippen molar-refractivity contribution in [3.8, 4) is 0 Å². The first-order valence-corrected chi connectivity index (χ1v) is 6.76. The van der Waals surface area contributed by atoms with Crippen LogP contribution in [0.5, 0.6) is 0 Å². The van der Waals surface area contributed by atoms with E-state index in [0.717, 1.165) is 12.5 Å². The molecular formula is C15H24N2. The van der Waals surface area contributed by atoms with Gasteiger partial charge in [0.1, 0.15) is 0 Å². The van der Waals surface area contributed by atoms with E-state index in [0.29, 0.717) is 6.04 Å². The zero-order valence-corrected chi connectivity index (χ0v) is 11.2. The lowest BCUT2D eigenvalue weighted by Gasteiger charge is -2.29. The van der Waals surface area contributed by atoms with Crippen LogP contribution in [0.15, 0.2) is 24.3 Å². The molecule has 1 aliphatic heterocycles. The average molecular weight is 232 g/mol. The van der Waals surface area contributed by atoms with Crippen molar-refractivity contribution in [1.29, 1.82) is 0 Å². The molecule has 1 aromatic rings. The second-order valence-electron chi connectivity index (χ2n) is 5.12. The van der Waals surface area contributed by atoms with Gasteiger partial charge in [0.2, 0.25) is 0 Å². The monoisotopic (exact) mass is 232 g/mol. The molecule has 2 nitrogen and oxygen atoms in total. The summed E-state index contributed by atoms with van der Waals surface area (Å²) in [4.78, 5) is 2.52. The molecule has 1 heterocycles. The first-order valence-electron chi connectivity index (χ1n) is 6.76. The summed E-state index contributed by atoms with van der Waals surface area (Å²) in [6, 6.07) is 9.36. The summed E-state index contributed by atoms with van der Waals surface area (Å²) in [5, 5.41) is 3.54. The van der Waals surface area contributed by atoms with Crippen LogP contribution in [0.25, 0.3) is 0 Å². The summed E-state index contributed by atoms with van der Waals surface area (Å²) in [5.74, 6) is 0.787. The van der Waals surface area contributed by atoms with Crippen LogP contribution in [0.1, 0.15) is 25.8 Å². The van der Waals surface area contributed by atoms with Crippen molar-refractivity contribution >= 4 is 5.69 Å². The average Bonchev–Trinajstić information content (AvgIpc) is 2.73. The Bertz CT molecular complexity index is 362. The summed E-state index contributed by atoms with van der Waals surface area (Å²) in [6.45, 7) is 10.2. The molecule has 0 aromatic heterocycles. The maximum atomic E-state index is 3.54. The van der Waals surface area contributed by atoms with Crippen molar-refractivity contribution in [2.24, 2.45) is 5.92 Å². The van der Waals surface area contributed by atoms with Gasteiger partial charge in [0.25, 0.3) is 0 Å². The fraction of sp³-hybridized carbons (Fsp3) is 0.600. The number of nitrogens with one attached hydrogen (secondary N) is 1. The number of aryl methyl sites for hydroxylation is 1. The molecule has 1 aromatic carbocycles. The van der Waals surface area contributed by atoms with Gasteiger partial charge in [-0.1, -0.05) is 18.2 Å². The highest BCUT2D eigenvalue weighted by Crippen LogP contribution is 2.23. The van der Waals surface area contributed by atoms with Gasteiger partial charge < -0.3 is 10.2 Å². The van der Waals surface area contributed by atoms with E-state index in [4.69, 9.17) is 0 Å². The molecule has 0 saturated carbocycles. The lowest BCUT2D eigenvalue weighted by Crippen LogP contribution is -2.34. The molecule has 1 fully saturated rings. The molecule has 0 aliphatic carbocycles. The number of benzene rings is 1. The van der Waals surface area contributed by atoms with Gasteiger partial charge in [0.15, 0.2) is 0 Å². The van der Waals surface area contributed by atoms with Gasteiger partial charge >= 0.3 is 0 Å². The lowest BCUT2D eigenvalue weighted by atomic mass is 10.0. The van der Waals surface area contributed by atoms with Crippen molar-refractivity contribution in [1.82, 2.24) is 5.32 Å². The molecule has 2 unspecified atom stereocenters. The van der Waals surface area contributed by atoms with Crippen molar-refractivity contribution in [2.75, 3.05) is 24.5 Å². The molecule has 2 atom stereocenters. The largest absolute Gasteiger partial charge is 0.371 e. The Kier molecular flexibility index (Phi) is 4.06. The summed E-state index contributed by atoms with van der Waals surface area (Å²) >= 11 is 0. The zero-order valence-electron chi connectivity index (χ0n) is 11.2. The van der Waals surface area contributed by atoms with Crippen LogP contribution in [-0.4, -0.2) is 25.7 Å². The van der Waals surface area contributed by atoms with E-state index < -0.39 is 0 Å². The smallest absolute Gasteiger partial charge is 0.0395 e. The van der Waals surface area contributed by atoms with E-state index in [9.17, 15) is 0 Å². The van der Waals surface area contributed by atoms with Crippen molar-refractivity contribution in [2.45, 2.75) is 33.2 Å². The van der Waals surface area contributed by atoms with Crippen LogP contribution in [-0.2, 0) is 0 Å². The Morgan fingerprint density at radius 3 is 2.71 bits per heavy atom. The SMILES string of the molecule is CCN(CC1CCNC1C)c1ccccc1C. The van der Waals surface area contributed by atoms with E-state index in [-0.39, 0.29) is 0 Å². The Morgan fingerprint density at radius 1 is 1.35 bits per heavy atom. The minimum atomic E-state index is 0.660. The molecule has 0 radical (unpaired) electrons. The maximum Gasteiger partial charge on any atom is 0.0395 e. The number of hydrogen-bond donors (Lipinski definition) is 1. The Morgan fingerprint density at radius 2 is 2.12 bits per heavy atom. The molecule has 1 aliphatic rings. The van der Waals surface area contributed by atoms with Crippen LogP contribution in [0.4, 0.5) is 5.69 Å². The molecule has 2 heteroatoms. The quantitative estimate of drug-likeness (QED) is 0.858. The molecule has 0 bridgehead atoms. The Hall–Kier alpha value is -1.02. The number of hydrogen-bond acceptors (Lipinski definition) is 2. The minimum absolute atomic E-state index is 0.660. The molecule has 1 N–H and O–H groups in total. The third kappa shape index (κ3) is 2.81. The molecule has 94 valence electrons. The molecule has 0 amide bonds. The van der Waals surface area contributed by atoms with Gasteiger partial charge in [-0.15, -0.1) is 0 Å². The topological polar surface area (TPSA) is 15.3 Å². The number of para-hydroxylation sites is 1. The molecule has 2 rings (SSSR count). The molecule has 1 saturated heterocycles. The first kappa shape index (κ1) is 12.4. The highest BCUT2D eigenvalue weighted by Gasteiger charge is 2.24. The van der Waals surface area contributed by atoms with Gasteiger partial charge in [-0.2, -0.15) is 0 Å². The third-order valence-electron chi connectivity index (χ3n) is 3.98. The third-order valence-corrected chi connectivity index (χ3v) is 3.98. The highest BCUT2D eigenvalue weighted by molar-refractivity contribution is 5.52. The van der Waals surface area contributed by atoms with Gasteiger partial charge in [-0.25, -0.2) is 0 Å². The number of anilines is 1. The van der Waals surface area contributed by atoms with Crippen molar-refractivity contribution < 1.29 is 0 Å². The standard InChI is InChI=1S/C15H24N2/c1-4-17(11-14-9-10-16-13(14)3)15-8-6-5-7-12(15)2/h5-8,13-14,16H,4,9-11H2,1-3H3. The number of nitrogens with zero attached hydrogens (tertiary/aromatic N) is 1. The normalized spacial score (nSPS) is 23.9. The van der Waals surface area contributed by atoms with Gasteiger partial charge in [-0.3, -0.25) is 0 Å². The summed E-state index contributed by atoms with van der Waals surface area (Å²) < 4.78 is 0. The Labute approximate surface area is 105 Å². The Balaban J connectivity index is 2.09. The maximum absolute atomic E-state index is 3.54. The minimum Gasteiger partial charge on any atom is -0.371 e. The fourth-order valence-electron chi connectivity index (χ4n) is 2.76. The van der Waals surface area contributed by atoms with Gasteiger partial charge in [0.05, 0.1) is 0 Å². The highest BCUT2D eigenvalue weighted by atomic mass is 15.1. The molecule has 17 heavy (non-hydrogen) atoms. The van der Waals surface area contributed by atoms with Crippen molar-refractivity contribution in [3.05, 3.63) is 29.8 Å². The van der Waals surface area contributed by atoms with Crippen LogP contribution in [0.3, 0.4) is 0 Å². The lowest BCUT2D eigenvalue weighted by molar-refractivity contribution is 0.471. The predicted molar refractivity (Wildman–Crippen MR) is 74.6 cm³/mol. The van der Waals surface area contributed by atoms with Crippen LogP contribution >= 0.6 is 0 Å². The molecular weight excluding hydrogens is 208 g/mol.